The molecular formula is C20H24N4O2S. The molecule has 0 aliphatic carbocycles. The minimum atomic E-state index is -0.125. The molecular weight excluding hydrogens is 360 g/mol. The number of hydrogen-bond acceptors (Lipinski definition) is 5. The Balaban J connectivity index is 1.62. The molecule has 0 bridgehead atoms. The van der Waals surface area contributed by atoms with Crippen LogP contribution in [0.5, 0.6) is 0 Å². The molecule has 142 valence electrons. The van der Waals surface area contributed by atoms with Crippen molar-refractivity contribution in [2.45, 2.75) is 52.7 Å². The van der Waals surface area contributed by atoms with Gasteiger partial charge in [0, 0.05) is 35.0 Å². The van der Waals surface area contributed by atoms with Gasteiger partial charge in [-0.3, -0.25) is 4.79 Å². The summed E-state index contributed by atoms with van der Waals surface area (Å²) in [5, 5.41) is 5.02. The third-order valence-corrected chi connectivity index (χ3v) is 6.37. The Morgan fingerprint density at radius 2 is 2.26 bits per heavy atom. The van der Waals surface area contributed by atoms with Gasteiger partial charge in [-0.25, -0.2) is 4.98 Å². The summed E-state index contributed by atoms with van der Waals surface area (Å²) in [5.74, 6) is 0. The second-order valence-corrected chi connectivity index (χ2v) is 8.11. The lowest BCUT2D eigenvalue weighted by atomic mass is 10.2. The Hall–Kier alpha value is -2.25. The van der Waals surface area contributed by atoms with Crippen LogP contribution < -0.4 is 5.56 Å². The van der Waals surface area contributed by atoms with Crippen molar-refractivity contribution in [2.75, 3.05) is 6.61 Å². The normalized spacial score (nSPS) is 17.5. The fraction of sp³-hybridized carbons (Fsp3) is 0.450. The standard InChI is InChI=1S/C20H24N4O2S/c1-4-17-9-18-19(27-17)21-12-24(20(18)25)22-10-15-8-13(2)23(14(15)3)11-16-6-5-7-26-16/h8-10,12,16H,4-7,11H2,1-3H3/b22-10-/t16-/m1/s1. The average molecular weight is 385 g/mol. The van der Waals surface area contributed by atoms with Crippen molar-refractivity contribution in [1.82, 2.24) is 14.2 Å². The topological polar surface area (TPSA) is 61.4 Å². The molecule has 4 heterocycles. The number of nitrogens with zero attached hydrogens (tertiary/aromatic N) is 4. The van der Waals surface area contributed by atoms with Crippen LogP contribution in [0.4, 0.5) is 0 Å². The monoisotopic (exact) mass is 384 g/mol. The van der Waals surface area contributed by atoms with Crippen molar-refractivity contribution in [3.8, 4) is 0 Å². The molecule has 27 heavy (non-hydrogen) atoms. The summed E-state index contributed by atoms with van der Waals surface area (Å²) < 4.78 is 9.36. The molecule has 0 amide bonds. The van der Waals surface area contributed by atoms with E-state index >= 15 is 0 Å². The molecule has 0 aromatic carbocycles. The zero-order chi connectivity index (χ0) is 19.0. The molecule has 0 spiro atoms. The van der Waals surface area contributed by atoms with E-state index in [1.54, 1.807) is 17.6 Å². The average Bonchev–Trinajstić information content (AvgIpc) is 3.38. The summed E-state index contributed by atoms with van der Waals surface area (Å²) in [6.45, 7) is 7.98. The van der Waals surface area contributed by atoms with Crippen molar-refractivity contribution in [1.29, 1.82) is 0 Å². The highest BCUT2D eigenvalue weighted by Gasteiger charge is 2.18. The minimum absolute atomic E-state index is 0.125. The van der Waals surface area contributed by atoms with Gasteiger partial charge in [0.05, 0.1) is 17.7 Å². The number of rotatable bonds is 5. The second kappa shape index (κ2) is 7.40. The molecule has 4 rings (SSSR count). The van der Waals surface area contributed by atoms with Crippen molar-refractivity contribution in [3.63, 3.8) is 0 Å². The maximum Gasteiger partial charge on any atom is 0.282 e. The van der Waals surface area contributed by atoms with Crippen molar-refractivity contribution in [3.05, 3.63) is 50.6 Å². The van der Waals surface area contributed by atoms with Gasteiger partial charge < -0.3 is 9.30 Å². The molecule has 1 saturated heterocycles. The quantitative estimate of drug-likeness (QED) is 0.633. The van der Waals surface area contributed by atoms with Crippen molar-refractivity contribution in [2.24, 2.45) is 5.10 Å². The summed E-state index contributed by atoms with van der Waals surface area (Å²) in [7, 11) is 0. The molecule has 1 fully saturated rings. The van der Waals surface area contributed by atoms with Gasteiger partial charge >= 0.3 is 0 Å². The highest BCUT2D eigenvalue weighted by atomic mass is 32.1. The Labute approximate surface area is 162 Å². The first kappa shape index (κ1) is 18.1. The number of thiophene rings is 1. The number of aromatic nitrogens is 3. The van der Waals surface area contributed by atoms with E-state index in [1.165, 1.54) is 16.7 Å². The van der Waals surface area contributed by atoms with E-state index in [0.29, 0.717) is 11.5 Å². The van der Waals surface area contributed by atoms with Gasteiger partial charge in [0.25, 0.3) is 5.56 Å². The van der Waals surface area contributed by atoms with Crippen LogP contribution in [-0.2, 0) is 17.7 Å². The first-order chi connectivity index (χ1) is 13.1. The molecule has 1 atom stereocenters. The second-order valence-electron chi connectivity index (χ2n) is 7.00. The molecule has 3 aromatic heterocycles. The predicted octanol–water partition coefficient (Wildman–Crippen LogP) is 3.50. The third-order valence-electron chi connectivity index (χ3n) is 5.18. The molecule has 0 saturated carbocycles. The molecule has 0 unspecified atom stereocenters. The maximum absolute atomic E-state index is 12.7. The number of aryl methyl sites for hydroxylation is 2. The van der Waals surface area contributed by atoms with Crippen molar-refractivity contribution >= 4 is 27.8 Å². The molecule has 1 aliphatic rings. The first-order valence-electron chi connectivity index (χ1n) is 9.39. The van der Waals surface area contributed by atoms with Crippen LogP contribution in [0.1, 0.15) is 41.6 Å². The highest BCUT2D eigenvalue weighted by Crippen LogP contribution is 2.21. The number of fused-ring (bicyclic) bond motifs is 1. The molecule has 0 N–H and O–H groups in total. The lowest BCUT2D eigenvalue weighted by molar-refractivity contribution is 0.0962. The van der Waals surface area contributed by atoms with E-state index in [4.69, 9.17) is 4.74 Å². The zero-order valence-corrected chi connectivity index (χ0v) is 16.8. The summed E-state index contributed by atoms with van der Waals surface area (Å²) in [6.07, 6.45) is 6.70. The SMILES string of the molecule is CCc1cc2c(=O)n(/N=C\c3cc(C)n(C[C@H]4CCCO4)c3C)cnc2s1. The lowest BCUT2D eigenvalue weighted by Gasteiger charge is -2.14. The lowest BCUT2D eigenvalue weighted by Crippen LogP contribution is -2.17. The minimum Gasteiger partial charge on any atom is -0.376 e. The summed E-state index contributed by atoms with van der Waals surface area (Å²) >= 11 is 1.57. The van der Waals surface area contributed by atoms with Crippen LogP contribution in [0.25, 0.3) is 10.2 Å². The van der Waals surface area contributed by atoms with E-state index in [1.807, 2.05) is 6.07 Å². The largest absolute Gasteiger partial charge is 0.376 e. The van der Waals surface area contributed by atoms with E-state index in [0.717, 1.165) is 53.4 Å². The molecule has 1 aliphatic heterocycles. The van der Waals surface area contributed by atoms with Gasteiger partial charge in [-0.15, -0.1) is 11.3 Å². The Kier molecular flexibility index (Phi) is 4.97. The van der Waals surface area contributed by atoms with E-state index < -0.39 is 0 Å². The van der Waals surface area contributed by atoms with Gasteiger partial charge in [-0.2, -0.15) is 9.78 Å². The summed E-state index contributed by atoms with van der Waals surface area (Å²) in [6, 6.07) is 4.03. The fourth-order valence-electron chi connectivity index (χ4n) is 3.58. The fourth-order valence-corrected chi connectivity index (χ4v) is 4.50. The first-order valence-corrected chi connectivity index (χ1v) is 10.2. The Bertz CT molecular complexity index is 1050. The van der Waals surface area contributed by atoms with Gasteiger partial charge in [0.15, 0.2) is 0 Å². The van der Waals surface area contributed by atoms with Crippen LogP contribution in [0.3, 0.4) is 0 Å². The number of ether oxygens (including phenoxy) is 1. The maximum atomic E-state index is 12.7. The molecule has 7 heteroatoms. The smallest absolute Gasteiger partial charge is 0.282 e. The van der Waals surface area contributed by atoms with E-state index in [-0.39, 0.29) is 5.56 Å². The van der Waals surface area contributed by atoms with Gasteiger partial charge in [-0.1, -0.05) is 6.92 Å². The highest BCUT2D eigenvalue weighted by molar-refractivity contribution is 7.18. The Morgan fingerprint density at radius 3 is 3.00 bits per heavy atom. The molecule has 3 aromatic rings. The number of hydrogen-bond donors (Lipinski definition) is 0. The zero-order valence-electron chi connectivity index (χ0n) is 15.9. The molecule has 6 nitrogen and oxygen atoms in total. The van der Waals surface area contributed by atoms with E-state index in [9.17, 15) is 4.79 Å². The van der Waals surface area contributed by atoms with Crippen LogP contribution in [0.15, 0.2) is 28.4 Å². The summed E-state index contributed by atoms with van der Waals surface area (Å²) in [4.78, 5) is 19.0. The third kappa shape index (κ3) is 3.49. The van der Waals surface area contributed by atoms with Gasteiger partial charge in [0.2, 0.25) is 0 Å². The van der Waals surface area contributed by atoms with Gasteiger partial charge in [0.1, 0.15) is 11.2 Å². The van der Waals surface area contributed by atoms with Crippen LogP contribution >= 0.6 is 11.3 Å². The summed E-state index contributed by atoms with van der Waals surface area (Å²) in [5.41, 5.74) is 3.20. The van der Waals surface area contributed by atoms with Crippen molar-refractivity contribution < 1.29 is 4.74 Å². The van der Waals surface area contributed by atoms with Gasteiger partial charge in [-0.05, 0) is 45.2 Å². The van der Waals surface area contributed by atoms with Crippen LogP contribution in [0, 0.1) is 13.8 Å². The van der Waals surface area contributed by atoms with Crippen LogP contribution in [0.2, 0.25) is 0 Å². The molecule has 0 radical (unpaired) electrons. The Morgan fingerprint density at radius 1 is 1.41 bits per heavy atom. The van der Waals surface area contributed by atoms with E-state index in [2.05, 4.69) is 41.5 Å². The van der Waals surface area contributed by atoms with Crippen LogP contribution in [-0.4, -0.2) is 33.2 Å². The predicted molar refractivity (Wildman–Crippen MR) is 109 cm³/mol.